The van der Waals surface area contributed by atoms with Crippen LogP contribution in [0.25, 0.3) is 0 Å². The zero-order chi connectivity index (χ0) is 12.7. The van der Waals surface area contributed by atoms with E-state index in [4.69, 9.17) is 5.11 Å². The number of carbonyl (C=O) groups excluding carboxylic acids is 1. The van der Waals surface area contributed by atoms with E-state index in [0.717, 1.165) is 4.90 Å². The summed E-state index contributed by atoms with van der Waals surface area (Å²) in [5.74, 6) is 0. The summed E-state index contributed by atoms with van der Waals surface area (Å²) in [4.78, 5) is 12.5. The highest BCUT2D eigenvalue weighted by molar-refractivity contribution is 5.89. The third-order valence-corrected chi connectivity index (χ3v) is 2.04. The Hall–Kier alpha value is -1.69. The highest BCUT2D eigenvalue weighted by Crippen LogP contribution is 2.07. The minimum absolute atomic E-state index is 0.122. The van der Waals surface area contributed by atoms with Crippen molar-refractivity contribution in [2.45, 2.75) is 6.43 Å². The summed E-state index contributed by atoms with van der Waals surface area (Å²) in [6, 6.07) is 7.87. The van der Waals surface area contributed by atoms with Crippen molar-refractivity contribution in [3.63, 3.8) is 0 Å². The van der Waals surface area contributed by atoms with Crippen LogP contribution < -0.4 is 5.32 Å². The van der Waals surface area contributed by atoms with Crippen molar-refractivity contribution in [3.8, 4) is 0 Å². The molecule has 0 aromatic heterocycles. The van der Waals surface area contributed by atoms with Gasteiger partial charge in [-0.3, -0.25) is 0 Å². The van der Waals surface area contributed by atoms with Crippen LogP contribution in [0.15, 0.2) is 30.3 Å². The number of rotatable bonds is 5. The molecule has 0 unspecified atom stereocenters. The molecule has 0 heterocycles. The molecule has 0 spiro atoms. The summed E-state index contributed by atoms with van der Waals surface area (Å²) in [5, 5.41) is 11.2. The molecule has 0 aliphatic rings. The first kappa shape index (κ1) is 13.4. The van der Waals surface area contributed by atoms with E-state index in [0.29, 0.717) is 5.69 Å². The van der Waals surface area contributed by atoms with Gasteiger partial charge in [0.25, 0.3) is 6.43 Å². The number of amides is 2. The number of aliphatic hydroxyl groups excluding tert-OH is 1. The zero-order valence-electron chi connectivity index (χ0n) is 9.14. The first-order valence-corrected chi connectivity index (χ1v) is 5.13. The zero-order valence-corrected chi connectivity index (χ0v) is 9.14. The molecule has 17 heavy (non-hydrogen) atoms. The molecule has 0 aliphatic carbocycles. The van der Waals surface area contributed by atoms with Crippen LogP contribution >= 0.6 is 0 Å². The van der Waals surface area contributed by atoms with Crippen LogP contribution in [0.4, 0.5) is 19.3 Å². The lowest BCUT2D eigenvalue weighted by atomic mass is 10.3. The molecule has 2 N–H and O–H groups in total. The average Bonchev–Trinajstić information content (AvgIpc) is 2.29. The molecule has 0 aliphatic heterocycles. The van der Waals surface area contributed by atoms with Gasteiger partial charge in [0.1, 0.15) is 0 Å². The fourth-order valence-corrected chi connectivity index (χ4v) is 1.29. The molecule has 6 heteroatoms. The van der Waals surface area contributed by atoms with Gasteiger partial charge in [0, 0.05) is 12.2 Å². The van der Waals surface area contributed by atoms with E-state index in [2.05, 4.69) is 5.32 Å². The summed E-state index contributed by atoms with van der Waals surface area (Å²) in [5.41, 5.74) is 0.523. The Kier molecular flexibility index (Phi) is 5.35. The molecule has 2 amide bonds. The monoisotopic (exact) mass is 244 g/mol. The smallest absolute Gasteiger partial charge is 0.322 e. The van der Waals surface area contributed by atoms with Crippen molar-refractivity contribution < 1.29 is 18.7 Å². The van der Waals surface area contributed by atoms with Gasteiger partial charge in [0.05, 0.1) is 13.2 Å². The number of hydrogen-bond donors (Lipinski definition) is 2. The van der Waals surface area contributed by atoms with Crippen molar-refractivity contribution in [1.82, 2.24) is 4.90 Å². The molecule has 4 nitrogen and oxygen atoms in total. The number of halogens is 2. The molecular formula is C11H14F2N2O2. The van der Waals surface area contributed by atoms with E-state index in [9.17, 15) is 13.6 Å². The van der Waals surface area contributed by atoms with E-state index in [1.165, 1.54) is 0 Å². The lowest BCUT2D eigenvalue weighted by Gasteiger charge is -2.21. The molecule has 1 aromatic rings. The first-order chi connectivity index (χ1) is 8.13. The molecule has 0 saturated carbocycles. The summed E-state index contributed by atoms with van der Waals surface area (Å²) >= 11 is 0. The van der Waals surface area contributed by atoms with Gasteiger partial charge < -0.3 is 15.3 Å². The van der Waals surface area contributed by atoms with Crippen LogP contribution in [0.2, 0.25) is 0 Å². The third-order valence-electron chi connectivity index (χ3n) is 2.04. The second kappa shape index (κ2) is 6.80. The fraction of sp³-hybridized carbons (Fsp3) is 0.364. The Balaban J connectivity index is 2.59. The maximum absolute atomic E-state index is 12.2. The molecular weight excluding hydrogens is 230 g/mol. The molecule has 0 radical (unpaired) electrons. The molecule has 0 saturated heterocycles. The van der Waals surface area contributed by atoms with Crippen molar-refractivity contribution in [3.05, 3.63) is 30.3 Å². The van der Waals surface area contributed by atoms with E-state index >= 15 is 0 Å². The predicted molar refractivity (Wildman–Crippen MR) is 60.1 cm³/mol. The van der Waals surface area contributed by atoms with Gasteiger partial charge in [0.15, 0.2) is 0 Å². The summed E-state index contributed by atoms with van der Waals surface area (Å²) in [6.07, 6.45) is -2.62. The van der Waals surface area contributed by atoms with Gasteiger partial charge in [-0.15, -0.1) is 0 Å². The largest absolute Gasteiger partial charge is 0.395 e. The van der Waals surface area contributed by atoms with Gasteiger partial charge in [0.2, 0.25) is 0 Å². The molecule has 1 aromatic carbocycles. The van der Waals surface area contributed by atoms with Crippen LogP contribution in [-0.2, 0) is 0 Å². The first-order valence-electron chi connectivity index (χ1n) is 5.13. The van der Waals surface area contributed by atoms with Gasteiger partial charge >= 0.3 is 6.03 Å². The van der Waals surface area contributed by atoms with E-state index in [1.807, 2.05) is 0 Å². The SMILES string of the molecule is O=C(Nc1ccccc1)N(CCO)CC(F)F. The second-order valence-corrected chi connectivity index (χ2v) is 3.36. The quantitative estimate of drug-likeness (QED) is 0.829. The van der Waals surface area contributed by atoms with Crippen LogP contribution in [0.1, 0.15) is 0 Å². The number of anilines is 1. The van der Waals surface area contributed by atoms with E-state index in [-0.39, 0.29) is 13.2 Å². The number of aliphatic hydroxyl groups is 1. The van der Waals surface area contributed by atoms with Crippen LogP contribution in [0.5, 0.6) is 0 Å². The Bertz CT molecular complexity index is 347. The summed E-state index contributed by atoms with van der Waals surface area (Å²) in [7, 11) is 0. The maximum atomic E-state index is 12.2. The number of hydrogen-bond acceptors (Lipinski definition) is 2. The Morgan fingerprint density at radius 2 is 2.00 bits per heavy atom. The van der Waals surface area contributed by atoms with Gasteiger partial charge in [-0.05, 0) is 12.1 Å². The summed E-state index contributed by atoms with van der Waals surface area (Å²) in [6.45, 7) is -1.17. The third kappa shape index (κ3) is 4.78. The number of nitrogens with zero attached hydrogens (tertiary/aromatic N) is 1. The minimum atomic E-state index is -2.62. The fourth-order valence-electron chi connectivity index (χ4n) is 1.29. The van der Waals surface area contributed by atoms with Crippen molar-refractivity contribution in [2.75, 3.05) is 25.0 Å². The van der Waals surface area contributed by atoms with E-state index < -0.39 is 19.0 Å². The maximum Gasteiger partial charge on any atom is 0.322 e. The van der Waals surface area contributed by atoms with Gasteiger partial charge in [-0.2, -0.15) is 0 Å². The molecule has 0 atom stereocenters. The van der Waals surface area contributed by atoms with Crippen molar-refractivity contribution >= 4 is 11.7 Å². The average molecular weight is 244 g/mol. The minimum Gasteiger partial charge on any atom is -0.395 e. The highest BCUT2D eigenvalue weighted by atomic mass is 19.3. The lowest BCUT2D eigenvalue weighted by Crippen LogP contribution is -2.40. The number of alkyl halides is 2. The van der Waals surface area contributed by atoms with Crippen LogP contribution in [0.3, 0.4) is 0 Å². The number of nitrogens with one attached hydrogen (secondary N) is 1. The molecule has 0 fully saturated rings. The number of para-hydroxylation sites is 1. The Morgan fingerprint density at radius 3 is 2.53 bits per heavy atom. The lowest BCUT2D eigenvalue weighted by molar-refractivity contribution is 0.0943. The topological polar surface area (TPSA) is 52.6 Å². The number of carbonyl (C=O) groups is 1. The summed E-state index contributed by atoms with van der Waals surface area (Å²) < 4.78 is 24.4. The van der Waals surface area contributed by atoms with Gasteiger partial charge in [-0.25, -0.2) is 13.6 Å². The Morgan fingerprint density at radius 1 is 1.35 bits per heavy atom. The number of urea groups is 1. The molecule has 1 rings (SSSR count). The molecule has 94 valence electrons. The normalized spacial score (nSPS) is 10.4. The van der Waals surface area contributed by atoms with Crippen molar-refractivity contribution in [1.29, 1.82) is 0 Å². The van der Waals surface area contributed by atoms with Crippen molar-refractivity contribution in [2.24, 2.45) is 0 Å². The predicted octanol–water partition coefficient (Wildman–Crippen LogP) is 1.78. The number of benzene rings is 1. The highest BCUT2D eigenvalue weighted by Gasteiger charge is 2.17. The van der Waals surface area contributed by atoms with Crippen LogP contribution in [-0.4, -0.2) is 42.2 Å². The molecule has 0 bridgehead atoms. The second-order valence-electron chi connectivity index (χ2n) is 3.36. The van der Waals surface area contributed by atoms with E-state index in [1.54, 1.807) is 30.3 Å². The standard InChI is InChI=1S/C11H14F2N2O2/c12-10(13)8-15(6-7-16)11(17)14-9-4-2-1-3-5-9/h1-5,10,16H,6-8H2,(H,14,17). The van der Waals surface area contributed by atoms with Crippen LogP contribution in [0, 0.1) is 0 Å². The Labute approximate surface area is 97.9 Å². The van der Waals surface area contributed by atoms with Gasteiger partial charge in [-0.1, -0.05) is 18.2 Å².